The van der Waals surface area contributed by atoms with Gasteiger partial charge in [0.05, 0.1) is 10.0 Å². The van der Waals surface area contributed by atoms with Crippen LogP contribution in [0.25, 0.3) is 0 Å². The SMILES string of the molecule is C=CCOc1ccc(Cl)c(Cl)c1C(N)C1CC1. The number of benzene rings is 1. The molecule has 1 atom stereocenters. The lowest BCUT2D eigenvalue weighted by Crippen LogP contribution is -2.15. The predicted octanol–water partition coefficient (Wildman–Crippen LogP) is 3.97. The first-order chi connectivity index (χ1) is 8.15. The Morgan fingerprint density at radius 1 is 1.47 bits per heavy atom. The molecule has 0 aromatic heterocycles. The van der Waals surface area contributed by atoms with Gasteiger partial charge >= 0.3 is 0 Å². The molecule has 0 radical (unpaired) electrons. The standard InChI is InChI=1S/C13H15Cl2NO/c1-2-7-17-10-6-5-9(14)12(15)11(10)13(16)8-3-4-8/h2,5-6,8,13H,1,3-4,7,16H2. The third-order valence-corrected chi connectivity index (χ3v) is 3.73. The van der Waals surface area contributed by atoms with Crippen LogP contribution in [0.3, 0.4) is 0 Å². The molecule has 0 aliphatic heterocycles. The molecule has 1 aromatic carbocycles. The van der Waals surface area contributed by atoms with Crippen molar-refractivity contribution in [2.24, 2.45) is 11.7 Å². The summed E-state index contributed by atoms with van der Waals surface area (Å²) in [5.41, 5.74) is 7.02. The average Bonchev–Trinajstić information content (AvgIpc) is 3.14. The molecule has 1 saturated carbocycles. The summed E-state index contributed by atoms with van der Waals surface area (Å²) in [6, 6.07) is 3.45. The monoisotopic (exact) mass is 271 g/mol. The Morgan fingerprint density at radius 2 is 2.18 bits per heavy atom. The molecule has 17 heavy (non-hydrogen) atoms. The Labute approximate surface area is 111 Å². The Kier molecular flexibility index (Phi) is 3.97. The van der Waals surface area contributed by atoms with Gasteiger partial charge in [0, 0.05) is 11.6 Å². The summed E-state index contributed by atoms with van der Waals surface area (Å²) in [7, 11) is 0. The predicted molar refractivity (Wildman–Crippen MR) is 71.8 cm³/mol. The van der Waals surface area contributed by atoms with E-state index in [1.54, 1.807) is 12.1 Å². The lowest BCUT2D eigenvalue weighted by atomic mass is 10.0. The number of nitrogens with two attached hydrogens (primary N) is 1. The summed E-state index contributed by atoms with van der Waals surface area (Å²) in [5, 5.41) is 1.02. The fraction of sp³-hybridized carbons (Fsp3) is 0.385. The normalized spacial score (nSPS) is 16.6. The Balaban J connectivity index is 2.35. The van der Waals surface area contributed by atoms with Gasteiger partial charge in [-0.3, -0.25) is 0 Å². The number of ether oxygens (including phenoxy) is 1. The van der Waals surface area contributed by atoms with Crippen molar-refractivity contribution < 1.29 is 4.74 Å². The largest absolute Gasteiger partial charge is 0.489 e. The fourth-order valence-electron chi connectivity index (χ4n) is 1.82. The van der Waals surface area contributed by atoms with Gasteiger partial charge < -0.3 is 10.5 Å². The highest BCUT2D eigenvalue weighted by Crippen LogP contribution is 2.46. The highest BCUT2D eigenvalue weighted by molar-refractivity contribution is 6.42. The van der Waals surface area contributed by atoms with Crippen molar-refractivity contribution in [1.29, 1.82) is 0 Å². The van der Waals surface area contributed by atoms with Crippen LogP contribution in [-0.2, 0) is 0 Å². The topological polar surface area (TPSA) is 35.2 Å². The number of halogens is 2. The lowest BCUT2D eigenvalue weighted by molar-refractivity contribution is 0.354. The van der Waals surface area contributed by atoms with Gasteiger partial charge in [-0.15, -0.1) is 0 Å². The van der Waals surface area contributed by atoms with Gasteiger partial charge in [0.15, 0.2) is 0 Å². The average molecular weight is 272 g/mol. The van der Waals surface area contributed by atoms with Crippen LogP contribution >= 0.6 is 23.2 Å². The maximum atomic E-state index is 6.23. The van der Waals surface area contributed by atoms with E-state index in [1.165, 1.54) is 0 Å². The van der Waals surface area contributed by atoms with Crippen LogP contribution in [0.4, 0.5) is 0 Å². The lowest BCUT2D eigenvalue weighted by Gasteiger charge is -2.18. The van der Waals surface area contributed by atoms with Gasteiger partial charge in [-0.05, 0) is 30.9 Å². The van der Waals surface area contributed by atoms with Crippen LogP contribution in [0.15, 0.2) is 24.8 Å². The summed E-state index contributed by atoms with van der Waals surface area (Å²) < 4.78 is 5.58. The van der Waals surface area contributed by atoms with Crippen molar-refractivity contribution in [3.63, 3.8) is 0 Å². The molecule has 0 amide bonds. The molecular formula is C13H15Cl2NO. The van der Waals surface area contributed by atoms with E-state index >= 15 is 0 Å². The minimum atomic E-state index is -0.0963. The zero-order chi connectivity index (χ0) is 12.4. The second-order valence-electron chi connectivity index (χ2n) is 4.24. The first-order valence-electron chi connectivity index (χ1n) is 5.62. The van der Waals surface area contributed by atoms with Gasteiger partial charge in [-0.25, -0.2) is 0 Å². The van der Waals surface area contributed by atoms with Crippen molar-refractivity contribution in [1.82, 2.24) is 0 Å². The minimum absolute atomic E-state index is 0.0963. The van der Waals surface area contributed by atoms with E-state index in [1.807, 2.05) is 6.07 Å². The van der Waals surface area contributed by atoms with E-state index in [0.29, 0.717) is 28.3 Å². The molecule has 2 nitrogen and oxygen atoms in total. The molecule has 1 unspecified atom stereocenters. The smallest absolute Gasteiger partial charge is 0.126 e. The molecule has 1 fully saturated rings. The van der Waals surface area contributed by atoms with E-state index < -0.39 is 0 Å². The van der Waals surface area contributed by atoms with Crippen LogP contribution in [0.2, 0.25) is 10.0 Å². The van der Waals surface area contributed by atoms with Crippen molar-refractivity contribution in [3.05, 3.63) is 40.4 Å². The van der Waals surface area contributed by atoms with Crippen molar-refractivity contribution >= 4 is 23.2 Å². The molecule has 1 aromatic rings. The molecule has 0 heterocycles. The first kappa shape index (κ1) is 12.7. The van der Waals surface area contributed by atoms with E-state index in [2.05, 4.69) is 6.58 Å². The zero-order valence-corrected chi connectivity index (χ0v) is 11.0. The first-order valence-corrected chi connectivity index (χ1v) is 6.38. The number of hydrogen-bond acceptors (Lipinski definition) is 2. The van der Waals surface area contributed by atoms with Crippen LogP contribution in [-0.4, -0.2) is 6.61 Å². The van der Waals surface area contributed by atoms with Gasteiger partial charge in [0.1, 0.15) is 12.4 Å². The molecule has 2 N–H and O–H groups in total. The fourth-order valence-corrected chi connectivity index (χ4v) is 2.27. The van der Waals surface area contributed by atoms with E-state index in [4.69, 9.17) is 33.7 Å². The second kappa shape index (κ2) is 5.30. The van der Waals surface area contributed by atoms with Crippen LogP contribution in [0.1, 0.15) is 24.4 Å². The van der Waals surface area contributed by atoms with E-state index in [9.17, 15) is 0 Å². The maximum absolute atomic E-state index is 6.23. The van der Waals surface area contributed by atoms with Crippen molar-refractivity contribution in [2.75, 3.05) is 6.61 Å². The molecule has 0 spiro atoms. The molecule has 1 aliphatic carbocycles. The third-order valence-electron chi connectivity index (χ3n) is 2.91. The Hall–Kier alpha value is -0.700. The van der Waals surface area contributed by atoms with Gasteiger partial charge in [0.25, 0.3) is 0 Å². The minimum Gasteiger partial charge on any atom is -0.489 e. The summed E-state index contributed by atoms with van der Waals surface area (Å²) in [6.07, 6.45) is 3.98. The number of hydrogen-bond donors (Lipinski definition) is 1. The van der Waals surface area contributed by atoms with Crippen LogP contribution < -0.4 is 10.5 Å². The van der Waals surface area contributed by atoms with E-state index in [0.717, 1.165) is 18.4 Å². The van der Waals surface area contributed by atoms with Crippen molar-refractivity contribution in [2.45, 2.75) is 18.9 Å². The molecular weight excluding hydrogens is 257 g/mol. The van der Waals surface area contributed by atoms with E-state index in [-0.39, 0.29) is 6.04 Å². The summed E-state index contributed by atoms with van der Waals surface area (Å²) >= 11 is 12.3. The maximum Gasteiger partial charge on any atom is 0.126 e. The Bertz CT molecular complexity index is 430. The molecule has 2 rings (SSSR count). The van der Waals surface area contributed by atoms with Gasteiger partial charge in [-0.1, -0.05) is 35.9 Å². The number of rotatable bonds is 5. The molecule has 0 saturated heterocycles. The highest BCUT2D eigenvalue weighted by atomic mass is 35.5. The van der Waals surface area contributed by atoms with Gasteiger partial charge in [-0.2, -0.15) is 0 Å². The summed E-state index contributed by atoms with van der Waals surface area (Å²) in [4.78, 5) is 0. The molecule has 0 bridgehead atoms. The van der Waals surface area contributed by atoms with Crippen LogP contribution in [0, 0.1) is 5.92 Å². The third kappa shape index (κ3) is 2.76. The quantitative estimate of drug-likeness (QED) is 0.823. The summed E-state index contributed by atoms with van der Waals surface area (Å²) in [6.45, 7) is 4.06. The Morgan fingerprint density at radius 3 is 2.76 bits per heavy atom. The molecule has 4 heteroatoms. The second-order valence-corrected chi connectivity index (χ2v) is 5.02. The van der Waals surface area contributed by atoms with Crippen molar-refractivity contribution in [3.8, 4) is 5.75 Å². The molecule has 92 valence electrons. The summed E-state index contributed by atoms with van der Waals surface area (Å²) in [5.74, 6) is 1.20. The zero-order valence-electron chi connectivity index (χ0n) is 9.46. The van der Waals surface area contributed by atoms with Crippen LogP contribution in [0.5, 0.6) is 5.75 Å². The highest BCUT2D eigenvalue weighted by Gasteiger charge is 2.33. The van der Waals surface area contributed by atoms with Gasteiger partial charge in [0.2, 0.25) is 0 Å². The molecule has 1 aliphatic rings.